The van der Waals surface area contributed by atoms with Crippen molar-refractivity contribution in [1.29, 1.82) is 0 Å². The van der Waals surface area contributed by atoms with Crippen molar-refractivity contribution in [1.82, 2.24) is 0 Å². The number of hydrogen-bond acceptors (Lipinski definition) is 13. The first-order valence-electron chi connectivity index (χ1n) is 32.9. The van der Waals surface area contributed by atoms with Gasteiger partial charge in [-0.1, -0.05) is 29.4 Å². The van der Waals surface area contributed by atoms with E-state index in [2.05, 4.69) is 26.5 Å². The van der Waals surface area contributed by atoms with Crippen LogP contribution in [0.1, 0.15) is 335 Å². The summed E-state index contributed by atoms with van der Waals surface area (Å²) < 4.78 is 0. The van der Waals surface area contributed by atoms with Gasteiger partial charge in [-0.05, 0) is 335 Å². The molecule has 0 aliphatic heterocycles. The van der Waals surface area contributed by atoms with Crippen LogP contribution in [0.4, 0.5) is 0 Å². The average molecular weight is 1190 g/mol. The Kier molecular flexibility index (Phi) is 35.8. The van der Waals surface area contributed by atoms with Gasteiger partial charge in [-0.15, -0.1) is 6.58 Å². The predicted molar refractivity (Wildman–Crippen MR) is 343 cm³/mol. The summed E-state index contributed by atoms with van der Waals surface area (Å²) in [6.45, 7) is 31.3. The molecule has 0 rings (SSSR count). The van der Waals surface area contributed by atoms with Crippen LogP contribution in [-0.4, -0.2) is 140 Å². The summed E-state index contributed by atoms with van der Waals surface area (Å²) in [5.74, 6) is 0. The molecule has 13 heteroatoms. The van der Waals surface area contributed by atoms with Gasteiger partial charge in [0.25, 0.3) is 0 Å². The van der Waals surface area contributed by atoms with Gasteiger partial charge in [0.15, 0.2) is 0 Å². The van der Waals surface area contributed by atoms with E-state index in [4.69, 9.17) is 0 Å². The van der Waals surface area contributed by atoms with Crippen LogP contribution < -0.4 is 0 Å². The van der Waals surface area contributed by atoms with Crippen LogP contribution in [0.15, 0.2) is 36.0 Å². The van der Waals surface area contributed by atoms with E-state index >= 15 is 0 Å². The lowest BCUT2D eigenvalue weighted by atomic mass is 9.83. The van der Waals surface area contributed by atoms with Crippen LogP contribution in [-0.2, 0) is 0 Å². The molecule has 13 N–H and O–H groups in total. The van der Waals surface area contributed by atoms with E-state index in [0.717, 1.165) is 18.4 Å². The van der Waals surface area contributed by atoms with Gasteiger partial charge in [0.2, 0.25) is 0 Å². The van der Waals surface area contributed by atoms with Crippen molar-refractivity contribution in [3.05, 3.63) is 36.0 Å². The van der Waals surface area contributed by atoms with Gasteiger partial charge in [0.1, 0.15) is 0 Å². The predicted octanol–water partition coefficient (Wildman–Crippen LogP) is 13.5. The third-order valence-electron chi connectivity index (χ3n) is 18.6. The number of hydrogen-bond donors (Lipinski definition) is 13. The molecule has 0 aromatic heterocycles. The molecule has 13 atom stereocenters. The summed E-state index contributed by atoms with van der Waals surface area (Å²) in [5.41, 5.74) is -9.05. The molecule has 0 spiro atoms. The zero-order chi connectivity index (χ0) is 64.3. The third-order valence-corrected chi connectivity index (χ3v) is 18.6. The second kappa shape index (κ2) is 36.4. The minimum Gasteiger partial charge on any atom is -0.390 e. The minimum atomic E-state index is -1.29. The maximum atomic E-state index is 11.2. The van der Waals surface area contributed by atoms with Gasteiger partial charge in [-0.3, -0.25) is 0 Å². The zero-order valence-electron chi connectivity index (χ0n) is 56.3. The molecule has 0 fully saturated rings. The lowest BCUT2D eigenvalue weighted by Crippen LogP contribution is -2.39. The van der Waals surface area contributed by atoms with Gasteiger partial charge in [-0.2, -0.15) is 0 Å². The quantitative estimate of drug-likeness (QED) is 0.0253. The highest BCUT2D eigenvalue weighted by molar-refractivity contribution is 5.02. The van der Waals surface area contributed by atoms with E-state index in [0.29, 0.717) is 218 Å². The zero-order valence-corrected chi connectivity index (χ0v) is 56.3. The second-order valence-electron chi connectivity index (χ2n) is 30.9. The summed E-state index contributed by atoms with van der Waals surface area (Å²) in [5, 5.41) is 143. The molecular weight excluding hydrogens is 1050 g/mol. The molecular formula is C70H136O13. The molecule has 13 nitrogen and oxygen atoms in total. The largest absolute Gasteiger partial charge is 0.390 e. The molecule has 494 valence electrons. The molecule has 13 unspecified atom stereocenters. The number of aliphatic hydroxyl groups is 13. The maximum absolute atomic E-state index is 11.2. The van der Waals surface area contributed by atoms with Crippen molar-refractivity contribution in [2.45, 2.75) is 408 Å². The van der Waals surface area contributed by atoms with E-state index in [1.54, 1.807) is 34.6 Å². The van der Waals surface area contributed by atoms with Gasteiger partial charge in [0, 0.05) is 0 Å². The van der Waals surface area contributed by atoms with E-state index in [1.165, 1.54) is 11.6 Å². The molecule has 0 aliphatic carbocycles. The highest BCUT2D eigenvalue weighted by Gasteiger charge is 2.34. The lowest BCUT2D eigenvalue weighted by molar-refractivity contribution is -0.0746. The molecule has 0 heterocycles. The first kappa shape index (κ1) is 81.7. The SMILES string of the molecule is C=CC(C)(O)CC/C=C(\C)CCC(O)C(C)(O)CCCC(C)(O)CCCC(C)(O)CCCC(C)(O)CCCC(C)(O)CCCC(C)(O)CCCC(C)(O)CCCC(C)(O)CCCC(C)(O)CCCC(C)(O)CCCC(C)(O)CCC=C(C)C. The van der Waals surface area contributed by atoms with Crippen LogP contribution in [0.2, 0.25) is 0 Å². The van der Waals surface area contributed by atoms with Crippen molar-refractivity contribution in [2.24, 2.45) is 0 Å². The standard InChI is InChI=1S/C70H136O13/c1-17-59(5,72)34-19-31-57(4)32-33-58(71)70(16,83)55-29-54-69(15,82)53-28-52-68(14,81)51-27-50-67(13,80)49-26-48-66(12,79)47-25-46-65(11,78)45-24-44-64(10,77)43-23-42-63(9,76)41-22-40-62(8,75)39-21-38-61(7,74)37-20-36-60(6,73)35-18-30-56(2)3/h17,30-31,58,71-83H,1,18-29,32-55H2,2-16H3/b57-31+. The van der Waals surface area contributed by atoms with Crippen LogP contribution in [0.3, 0.4) is 0 Å². The average Bonchev–Trinajstić information content (AvgIpc) is 3.29. The maximum Gasteiger partial charge on any atom is 0.0877 e. The third kappa shape index (κ3) is 43.9. The fraction of sp³-hybridized carbons (Fsp3) is 0.914. The summed E-state index contributed by atoms with van der Waals surface area (Å²) >= 11 is 0. The van der Waals surface area contributed by atoms with Gasteiger partial charge in [-0.25, -0.2) is 0 Å². The molecule has 0 aromatic carbocycles. The van der Waals surface area contributed by atoms with Crippen LogP contribution in [0.25, 0.3) is 0 Å². The Morgan fingerprint density at radius 1 is 0.313 bits per heavy atom. The molecule has 0 aliphatic rings. The van der Waals surface area contributed by atoms with Crippen molar-refractivity contribution < 1.29 is 66.4 Å². The van der Waals surface area contributed by atoms with E-state index in [1.807, 2.05) is 61.5 Å². The first-order valence-corrected chi connectivity index (χ1v) is 32.9. The fourth-order valence-electron chi connectivity index (χ4n) is 12.1. The van der Waals surface area contributed by atoms with E-state index in [9.17, 15) is 66.4 Å². The van der Waals surface area contributed by atoms with E-state index < -0.39 is 73.3 Å². The Morgan fingerprint density at radius 3 is 0.735 bits per heavy atom. The second-order valence-corrected chi connectivity index (χ2v) is 30.9. The summed E-state index contributed by atoms with van der Waals surface area (Å²) in [7, 11) is 0. The minimum absolute atomic E-state index is 0.344. The van der Waals surface area contributed by atoms with Crippen LogP contribution in [0.5, 0.6) is 0 Å². The molecule has 0 bridgehead atoms. The number of aliphatic hydroxyl groups excluding tert-OH is 1. The first-order chi connectivity index (χ1) is 37.6. The summed E-state index contributed by atoms with van der Waals surface area (Å²) in [6, 6.07) is 0. The number of rotatable bonds is 51. The van der Waals surface area contributed by atoms with Gasteiger partial charge in [0.05, 0.1) is 73.3 Å². The molecule has 0 radical (unpaired) electrons. The number of allylic oxidation sites excluding steroid dienone is 4. The Balaban J connectivity index is 4.53. The smallest absolute Gasteiger partial charge is 0.0877 e. The van der Waals surface area contributed by atoms with Crippen molar-refractivity contribution in [2.75, 3.05) is 0 Å². The molecule has 0 amide bonds. The lowest BCUT2D eigenvalue weighted by Gasteiger charge is -2.32. The van der Waals surface area contributed by atoms with Crippen molar-refractivity contribution >= 4 is 0 Å². The van der Waals surface area contributed by atoms with E-state index in [-0.39, 0.29) is 0 Å². The molecule has 0 saturated carbocycles. The summed E-state index contributed by atoms with van der Waals surface area (Å²) in [6.07, 6.45) is 25.3. The van der Waals surface area contributed by atoms with Gasteiger partial charge < -0.3 is 66.4 Å². The van der Waals surface area contributed by atoms with Crippen LogP contribution in [0, 0.1) is 0 Å². The Bertz CT molecular complexity index is 1810. The van der Waals surface area contributed by atoms with Crippen molar-refractivity contribution in [3.8, 4) is 0 Å². The highest BCUT2D eigenvalue weighted by atomic mass is 16.3. The normalized spacial score (nSPS) is 21.8. The van der Waals surface area contributed by atoms with Crippen LogP contribution >= 0.6 is 0 Å². The Morgan fingerprint density at radius 2 is 0.518 bits per heavy atom. The Labute approximate surface area is 508 Å². The Hall–Kier alpha value is -1.30. The monoisotopic (exact) mass is 1180 g/mol. The van der Waals surface area contributed by atoms with Crippen molar-refractivity contribution in [3.63, 3.8) is 0 Å². The molecule has 83 heavy (non-hydrogen) atoms. The summed E-state index contributed by atoms with van der Waals surface area (Å²) in [4.78, 5) is 0. The topological polar surface area (TPSA) is 263 Å². The molecule has 0 aromatic rings. The molecule has 0 saturated heterocycles. The van der Waals surface area contributed by atoms with Gasteiger partial charge >= 0.3 is 0 Å². The fourth-order valence-corrected chi connectivity index (χ4v) is 12.1. The highest BCUT2D eigenvalue weighted by Crippen LogP contribution is 2.35.